The normalized spacial score (nSPS) is 12.9. The van der Waals surface area contributed by atoms with Crippen molar-refractivity contribution in [3.63, 3.8) is 0 Å². The van der Waals surface area contributed by atoms with E-state index in [1.807, 2.05) is 4.98 Å². The molecule has 1 aromatic heterocycles. The highest BCUT2D eigenvalue weighted by atomic mass is 19.4. The Balaban J connectivity index is 2.54. The van der Waals surface area contributed by atoms with E-state index in [0.29, 0.717) is 6.07 Å². The summed E-state index contributed by atoms with van der Waals surface area (Å²) in [6.07, 6.45) is -4.84. The van der Waals surface area contributed by atoms with Gasteiger partial charge in [-0.15, -0.1) is 0 Å². The predicted octanol–water partition coefficient (Wildman–Crippen LogP) is 2.39. The highest BCUT2D eigenvalue weighted by Crippen LogP contribution is 2.34. The zero-order valence-electron chi connectivity index (χ0n) is 14.9. The van der Waals surface area contributed by atoms with Crippen molar-refractivity contribution < 1.29 is 22.7 Å². The van der Waals surface area contributed by atoms with Gasteiger partial charge in [-0.1, -0.05) is 19.9 Å². The van der Waals surface area contributed by atoms with Crippen LogP contribution in [0.2, 0.25) is 0 Å². The average Bonchev–Trinajstić information content (AvgIpc) is 2.57. The Morgan fingerprint density at radius 1 is 1.25 bits per heavy atom. The Kier molecular flexibility index (Phi) is 6.07. The molecule has 28 heavy (non-hydrogen) atoms. The summed E-state index contributed by atoms with van der Waals surface area (Å²) in [5.41, 5.74) is -3.90. The van der Waals surface area contributed by atoms with E-state index in [1.165, 1.54) is 0 Å². The molecule has 0 saturated carbocycles. The molecule has 11 heteroatoms. The number of aromatic nitrogens is 2. The number of nitrogens with one attached hydrogen (secondary N) is 4. The summed E-state index contributed by atoms with van der Waals surface area (Å²) >= 11 is 0. The van der Waals surface area contributed by atoms with Gasteiger partial charge in [0.2, 0.25) is 0 Å². The molecule has 1 unspecified atom stereocenters. The largest absolute Gasteiger partial charge is 0.419 e. The average molecular weight is 402 g/mol. The molecular weight excluding hydrogens is 384 g/mol. The molecule has 0 aliphatic rings. The molecule has 0 spiro atoms. The fraction of sp³-hybridized carbons (Fsp3) is 0.353. The Labute approximate surface area is 155 Å². The maximum absolute atomic E-state index is 14.0. The van der Waals surface area contributed by atoms with Crippen molar-refractivity contribution in [2.45, 2.75) is 26.1 Å². The van der Waals surface area contributed by atoms with Crippen LogP contribution in [-0.4, -0.2) is 27.4 Å². The summed E-state index contributed by atoms with van der Waals surface area (Å²) in [4.78, 5) is 27.8. The lowest BCUT2D eigenvalue weighted by atomic mass is 9.94. The summed E-state index contributed by atoms with van der Waals surface area (Å²) in [7, 11) is 0. The smallest absolute Gasteiger partial charge is 0.390 e. The fourth-order valence-corrected chi connectivity index (χ4v) is 2.71. The minimum absolute atomic E-state index is 0.142. The van der Waals surface area contributed by atoms with Crippen molar-refractivity contribution in [1.29, 1.82) is 5.41 Å². The van der Waals surface area contributed by atoms with E-state index in [9.17, 15) is 27.2 Å². The topological polar surface area (TPSA) is 122 Å². The third-order valence-electron chi connectivity index (χ3n) is 4.03. The highest BCUT2D eigenvalue weighted by Gasteiger charge is 2.34. The summed E-state index contributed by atoms with van der Waals surface area (Å²) in [5.74, 6) is -1.97. The standard InChI is InChI=1S/C17H18F4N4O3/c1-7(2)13(8-3-4-9(10(18)5-8)17(19,20)21)23-14-12(11(22)6-26)15(27)25-16(28)24-14/h3-5,7,13,22,26H,6H2,1-2H3,(H3,23,24,25,27,28). The fourth-order valence-electron chi connectivity index (χ4n) is 2.71. The quantitative estimate of drug-likeness (QED) is 0.376. The van der Waals surface area contributed by atoms with Gasteiger partial charge in [0.1, 0.15) is 17.2 Å². The number of aliphatic hydroxyl groups excluding tert-OH is 1. The summed E-state index contributed by atoms with van der Waals surface area (Å²) in [6.45, 7) is 2.59. The van der Waals surface area contributed by atoms with Crippen molar-refractivity contribution >= 4 is 11.5 Å². The number of anilines is 1. The number of alkyl halides is 3. The first kappa shape index (κ1) is 21.4. The zero-order valence-corrected chi connectivity index (χ0v) is 14.9. The van der Waals surface area contributed by atoms with Crippen molar-refractivity contribution in [1.82, 2.24) is 9.97 Å². The Morgan fingerprint density at radius 2 is 1.89 bits per heavy atom. The van der Waals surface area contributed by atoms with Crippen molar-refractivity contribution in [2.75, 3.05) is 11.9 Å². The molecule has 152 valence electrons. The van der Waals surface area contributed by atoms with Crippen LogP contribution in [-0.2, 0) is 6.18 Å². The molecular formula is C17H18F4N4O3. The number of hydrogen-bond acceptors (Lipinski definition) is 5. The second kappa shape index (κ2) is 7.97. The molecule has 1 atom stereocenters. The number of aliphatic hydroxyl groups is 1. The molecule has 0 amide bonds. The molecule has 7 nitrogen and oxygen atoms in total. The molecule has 2 aromatic rings. The monoisotopic (exact) mass is 402 g/mol. The molecule has 1 aromatic carbocycles. The lowest BCUT2D eigenvalue weighted by Gasteiger charge is -2.25. The van der Waals surface area contributed by atoms with E-state index >= 15 is 0 Å². The van der Waals surface area contributed by atoms with Crippen molar-refractivity contribution in [2.24, 2.45) is 5.92 Å². The van der Waals surface area contributed by atoms with Crippen molar-refractivity contribution in [3.05, 3.63) is 61.5 Å². The van der Waals surface area contributed by atoms with Gasteiger partial charge in [0.05, 0.1) is 23.9 Å². The van der Waals surface area contributed by atoms with Gasteiger partial charge in [-0.2, -0.15) is 13.2 Å². The van der Waals surface area contributed by atoms with Crippen LogP contribution >= 0.6 is 0 Å². The number of benzene rings is 1. The molecule has 0 aliphatic carbocycles. The number of aromatic amines is 2. The van der Waals surface area contributed by atoms with Crippen LogP contribution in [0.5, 0.6) is 0 Å². The molecule has 0 bridgehead atoms. The zero-order chi connectivity index (χ0) is 21.2. The van der Waals surface area contributed by atoms with Gasteiger partial charge in [-0.3, -0.25) is 14.8 Å². The van der Waals surface area contributed by atoms with Crippen LogP contribution in [0.4, 0.5) is 23.4 Å². The second-order valence-corrected chi connectivity index (χ2v) is 6.40. The molecule has 2 rings (SSSR count). The Bertz CT molecular complexity index is 995. The van der Waals surface area contributed by atoms with Gasteiger partial charge in [-0.05, 0) is 23.6 Å². The number of hydrogen-bond donors (Lipinski definition) is 5. The van der Waals surface area contributed by atoms with Gasteiger partial charge >= 0.3 is 11.9 Å². The maximum Gasteiger partial charge on any atom is 0.419 e. The summed E-state index contributed by atoms with van der Waals surface area (Å²) in [6, 6.07) is 1.62. The molecule has 0 aliphatic heterocycles. The molecule has 5 N–H and O–H groups in total. The van der Waals surface area contributed by atoms with Crippen LogP contribution in [0.25, 0.3) is 0 Å². The van der Waals surface area contributed by atoms with Crippen LogP contribution in [0.3, 0.4) is 0 Å². The van der Waals surface area contributed by atoms with Crippen molar-refractivity contribution in [3.8, 4) is 0 Å². The van der Waals surface area contributed by atoms with Gasteiger partial charge in [-0.25, -0.2) is 9.18 Å². The van der Waals surface area contributed by atoms with E-state index in [-0.39, 0.29) is 22.9 Å². The number of H-pyrrole nitrogens is 2. The third-order valence-corrected chi connectivity index (χ3v) is 4.03. The lowest BCUT2D eigenvalue weighted by Crippen LogP contribution is -2.32. The van der Waals surface area contributed by atoms with E-state index in [1.54, 1.807) is 13.8 Å². The Hall–Kier alpha value is -2.95. The highest BCUT2D eigenvalue weighted by molar-refractivity contribution is 6.02. The van der Waals surface area contributed by atoms with Crippen LogP contribution in [0.15, 0.2) is 27.8 Å². The minimum Gasteiger partial charge on any atom is -0.390 e. The number of rotatable bonds is 6. The van der Waals surface area contributed by atoms with E-state index in [4.69, 9.17) is 10.5 Å². The first-order valence-electron chi connectivity index (χ1n) is 8.14. The SMILES string of the molecule is CC(C)C(Nc1[nH]c(=O)[nH]c(=O)c1C(=N)CO)c1ccc(C(F)(F)F)c(F)c1. The van der Waals surface area contributed by atoms with Gasteiger partial charge in [0, 0.05) is 0 Å². The van der Waals surface area contributed by atoms with Crippen LogP contribution in [0, 0.1) is 17.1 Å². The molecule has 1 heterocycles. The van der Waals surface area contributed by atoms with E-state index in [0.717, 1.165) is 12.1 Å². The first-order chi connectivity index (χ1) is 13.0. The second-order valence-electron chi connectivity index (χ2n) is 6.40. The van der Waals surface area contributed by atoms with E-state index in [2.05, 4.69) is 10.3 Å². The van der Waals surface area contributed by atoms with E-state index < -0.39 is 47.2 Å². The predicted molar refractivity (Wildman–Crippen MR) is 94.2 cm³/mol. The molecule has 0 saturated heterocycles. The first-order valence-corrected chi connectivity index (χ1v) is 8.14. The van der Waals surface area contributed by atoms with Crippen LogP contribution in [0.1, 0.15) is 36.6 Å². The third kappa shape index (κ3) is 4.47. The van der Waals surface area contributed by atoms with Gasteiger partial charge < -0.3 is 15.8 Å². The van der Waals surface area contributed by atoms with Crippen LogP contribution < -0.4 is 16.6 Å². The number of halogens is 4. The lowest BCUT2D eigenvalue weighted by molar-refractivity contribution is -0.140. The molecule has 0 fully saturated rings. The van der Waals surface area contributed by atoms with Gasteiger partial charge in [0.25, 0.3) is 5.56 Å². The maximum atomic E-state index is 14.0. The summed E-state index contributed by atoms with van der Waals surface area (Å²) < 4.78 is 52.3. The molecule has 0 radical (unpaired) electrons. The minimum atomic E-state index is -4.84. The Morgan fingerprint density at radius 3 is 2.39 bits per heavy atom. The van der Waals surface area contributed by atoms with Gasteiger partial charge in [0.15, 0.2) is 0 Å². The summed E-state index contributed by atoms with van der Waals surface area (Å²) in [5, 5.41) is 19.6.